The highest BCUT2D eigenvalue weighted by Gasteiger charge is 2.63. The minimum Gasteiger partial charge on any atom is -0.461 e. The van der Waals surface area contributed by atoms with E-state index in [1.807, 2.05) is 12.2 Å². The molecular weight excluding hydrogens is 428 g/mol. The van der Waals surface area contributed by atoms with Gasteiger partial charge in [0, 0.05) is 19.4 Å². The van der Waals surface area contributed by atoms with E-state index < -0.39 is 5.60 Å². The fraction of sp³-hybridized carbons (Fsp3) is 0.793. The van der Waals surface area contributed by atoms with Crippen LogP contribution in [0.5, 0.6) is 0 Å². The summed E-state index contributed by atoms with van der Waals surface area (Å²) in [4.78, 5) is 26.0. The van der Waals surface area contributed by atoms with Crippen LogP contribution in [0.15, 0.2) is 23.8 Å². The number of hydrogen-bond donors (Lipinski definition) is 0. The van der Waals surface area contributed by atoms with Gasteiger partial charge in [-0.3, -0.25) is 9.59 Å². The van der Waals surface area contributed by atoms with Crippen molar-refractivity contribution in [2.75, 3.05) is 20.3 Å². The van der Waals surface area contributed by atoms with Crippen LogP contribution in [0.4, 0.5) is 0 Å². The molecule has 5 nitrogen and oxygen atoms in total. The Bertz CT molecular complexity index is 952. The van der Waals surface area contributed by atoms with Crippen LogP contribution in [0, 0.1) is 46.3 Å². The summed E-state index contributed by atoms with van der Waals surface area (Å²) in [5, 5.41) is 0. The number of esters is 1. The van der Waals surface area contributed by atoms with E-state index in [1.54, 1.807) is 7.11 Å². The Balaban J connectivity index is 1.25. The molecule has 0 N–H and O–H groups in total. The van der Waals surface area contributed by atoms with Gasteiger partial charge < -0.3 is 14.2 Å². The molecule has 2 aliphatic heterocycles. The molecule has 0 aromatic rings. The lowest BCUT2D eigenvalue weighted by Gasteiger charge is -2.58. The number of ether oxygens (including phenoxy) is 3. The quantitative estimate of drug-likeness (QED) is 0.436. The Morgan fingerprint density at radius 1 is 1.06 bits per heavy atom. The number of fused-ring (bicyclic) bond motifs is 7. The van der Waals surface area contributed by atoms with Gasteiger partial charge in [0.1, 0.15) is 12.0 Å². The van der Waals surface area contributed by atoms with E-state index in [4.69, 9.17) is 14.2 Å². The fourth-order valence-corrected chi connectivity index (χ4v) is 9.55. The predicted molar refractivity (Wildman–Crippen MR) is 128 cm³/mol. The summed E-state index contributed by atoms with van der Waals surface area (Å²) in [5.41, 5.74) is 0.784. The van der Waals surface area contributed by atoms with Crippen LogP contribution >= 0.6 is 0 Å². The lowest BCUT2D eigenvalue weighted by atomic mass is 9.47. The molecule has 0 aromatic carbocycles. The molecule has 5 heteroatoms. The van der Waals surface area contributed by atoms with E-state index in [0.29, 0.717) is 42.7 Å². The number of carbonyl (C=O) groups excluding carboxylic acids is 2. The van der Waals surface area contributed by atoms with E-state index in [-0.39, 0.29) is 34.7 Å². The highest BCUT2D eigenvalue weighted by atomic mass is 16.6. The second-order valence-corrected chi connectivity index (χ2v) is 12.7. The van der Waals surface area contributed by atoms with Crippen LogP contribution in [-0.4, -0.2) is 43.8 Å². The molecule has 4 fully saturated rings. The molecular formula is C29H40O5. The van der Waals surface area contributed by atoms with Crippen LogP contribution in [0.1, 0.15) is 65.7 Å². The number of allylic oxidation sites excluding steroid dienone is 4. The maximum atomic E-state index is 13.1. The number of rotatable bonds is 3. The molecule has 34 heavy (non-hydrogen) atoms. The molecule has 5 unspecified atom stereocenters. The van der Waals surface area contributed by atoms with Gasteiger partial charge in [-0.25, -0.2) is 0 Å². The summed E-state index contributed by atoms with van der Waals surface area (Å²) in [5.74, 6) is 2.23. The molecule has 0 spiro atoms. The number of ketones is 1. The van der Waals surface area contributed by atoms with Crippen molar-refractivity contribution in [2.24, 2.45) is 46.3 Å². The Hall–Kier alpha value is -1.46. The molecule has 6 aliphatic rings. The predicted octanol–water partition coefficient (Wildman–Crippen LogP) is 4.89. The molecule has 2 bridgehead atoms. The Morgan fingerprint density at radius 3 is 2.59 bits per heavy atom. The maximum Gasteiger partial charge on any atom is 0.314 e. The number of methoxy groups -OCH3 is 1. The smallest absolute Gasteiger partial charge is 0.314 e. The average Bonchev–Trinajstić information content (AvgIpc) is 3.15. The van der Waals surface area contributed by atoms with Crippen molar-refractivity contribution < 1.29 is 23.8 Å². The van der Waals surface area contributed by atoms with Gasteiger partial charge in [-0.1, -0.05) is 24.6 Å². The first-order valence-electron chi connectivity index (χ1n) is 13.5. The molecule has 10 atom stereocenters. The lowest BCUT2D eigenvalue weighted by molar-refractivity contribution is -0.241. The van der Waals surface area contributed by atoms with Crippen molar-refractivity contribution in [3.05, 3.63) is 23.8 Å². The lowest BCUT2D eigenvalue weighted by Crippen LogP contribution is -2.61. The van der Waals surface area contributed by atoms with E-state index >= 15 is 0 Å². The van der Waals surface area contributed by atoms with Gasteiger partial charge in [-0.15, -0.1) is 0 Å². The second-order valence-electron chi connectivity index (χ2n) is 12.7. The van der Waals surface area contributed by atoms with Gasteiger partial charge in [-0.2, -0.15) is 0 Å². The normalized spacial score (nSPS) is 51.8. The topological polar surface area (TPSA) is 61.8 Å². The molecule has 186 valence electrons. The molecule has 6 rings (SSSR count). The molecule has 2 saturated heterocycles. The van der Waals surface area contributed by atoms with Gasteiger partial charge in [0.25, 0.3) is 0 Å². The van der Waals surface area contributed by atoms with Gasteiger partial charge in [0.05, 0.1) is 24.2 Å². The minimum absolute atomic E-state index is 0.0573. The van der Waals surface area contributed by atoms with Crippen molar-refractivity contribution in [2.45, 2.75) is 77.4 Å². The van der Waals surface area contributed by atoms with E-state index in [0.717, 1.165) is 32.1 Å². The zero-order valence-electron chi connectivity index (χ0n) is 21.2. The molecule has 2 saturated carbocycles. The minimum atomic E-state index is -0.489. The summed E-state index contributed by atoms with van der Waals surface area (Å²) >= 11 is 0. The summed E-state index contributed by atoms with van der Waals surface area (Å²) in [6, 6.07) is 0. The van der Waals surface area contributed by atoms with E-state index in [2.05, 4.69) is 26.8 Å². The van der Waals surface area contributed by atoms with Gasteiger partial charge in [0.15, 0.2) is 5.78 Å². The Morgan fingerprint density at radius 2 is 1.82 bits per heavy atom. The fourth-order valence-electron chi connectivity index (χ4n) is 9.55. The third-order valence-corrected chi connectivity index (χ3v) is 11.5. The van der Waals surface area contributed by atoms with Crippen molar-refractivity contribution in [1.29, 1.82) is 0 Å². The number of carbonyl (C=O) groups is 2. The standard InChI is InChI=1S/C29H40O5/c1-27-13-12-22-18(9-8-17-6-5-7-25(30)29(17,22)3)20(27)10-11-21(27)19-15-33-28(2)14-24(19)34-26(31)23(28)16-32-4/h5,7-8,18-24H,6,9-16H2,1-4H3/t18?,19-,20?,21?,22?,23?,24-,27-,28-,29-/m0/s1. The van der Waals surface area contributed by atoms with Crippen LogP contribution in [0.25, 0.3) is 0 Å². The average molecular weight is 469 g/mol. The van der Waals surface area contributed by atoms with Crippen molar-refractivity contribution >= 4 is 11.8 Å². The van der Waals surface area contributed by atoms with Crippen LogP contribution in [0.2, 0.25) is 0 Å². The third-order valence-electron chi connectivity index (χ3n) is 11.5. The first-order valence-corrected chi connectivity index (χ1v) is 13.5. The van der Waals surface area contributed by atoms with E-state index in [9.17, 15) is 9.59 Å². The largest absolute Gasteiger partial charge is 0.461 e. The number of hydrogen-bond acceptors (Lipinski definition) is 5. The highest BCUT2D eigenvalue weighted by molar-refractivity contribution is 5.98. The zero-order chi connectivity index (χ0) is 23.9. The van der Waals surface area contributed by atoms with Crippen molar-refractivity contribution in [3.8, 4) is 0 Å². The summed E-state index contributed by atoms with van der Waals surface area (Å²) in [6.07, 6.45) is 13.7. The Labute approximate surface area is 203 Å². The molecule has 4 aliphatic carbocycles. The first-order chi connectivity index (χ1) is 16.2. The van der Waals surface area contributed by atoms with Crippen LogP contribution in [0.3, 0.4) is 0 Å². The summed E-state index contributed by atoms with van der Waals surface area (Å²) in [6.45, 7) is 7.81. The summed E-state index contributed by atoms with van der Waals surface area (Å²) < 4.78 is 17.9. The molecule has 0 amide bonds. The van der Waals surface area contributed by atoms with E-state index in [1.165, 1.54) is 18.4 Å². The molecule has 0 aromatic heterocycles. The Kier molecular flexibility index (Phi) is 5.25. The molecule has 2 heterocycles. The SMILES string of the molecule is COCC1C(=O)O[C@H]2C[C@]1(C)OC[C@H]2C1CCC2C3CC=C4CC=CC(=O)[C@]4(C)C3CC[C@@]21C. The van der Waals surface area contributed by atoms with Crippen molar-refractivity contribution in [3.63, 3.8) is 0 Å². The first kappa shape index (κ1) is 23.0. The van der Waals surface area contributed by atoms with Gasteiger partial charge in [0.2, 0.25) is 0 Å². The maximum absolute atomic E-state index is 13.1. The third kappa shape index (κ3) is 2.98. The van der Waals surface area contributed by atoms with Crippen LogP contribution < -0.4 is 0 Å². The zero-order valence-corrected chi connectivity index (χ0v) is 21.2. The van der Waals surface area contributed by atoms with Gasteiger partial charge in [-0.05, 0) is 87.5 Å². The van der Waals surface area contributed by atoms with Crippen LogP contribution in [-0.2, 0) is 23.8 Å². The molecule has 0 radical (unpaired) electrons. The monoisotopic (exact) mass is 468 g/mol. The second kappa shape index (κ2) is 7.77. The summed E-state index contributed by atoms with van der Waals surface area (Å²) in [7, 11) is 1.63. The highest BCUT2D eigenvalue weighted by Crippen LogP contribution is 2.67. The van der Waals surface area contributed by atoms with Gasteiger partial charge >= 0.3 is 5.97 Å². The van der Waals surface area contributed by atoms with Crippen molar-refractivity contribution in [1.82, 2.24) is 0 Å².